The van der Waals surface area contributed by atoms with Gasteiger partial charge in [-0.2, -0.15) is 0 Å². The number of methoxy groups -OCH3 is 1. The summed E-state index contributed by atoms with van der Waals surface area (Å²) in [6.07, 6.45) is 4.66. The van der Waals surface area contributed by atoms with Crippen LogP contribution in [0.3, 0.4) is 0 Å². The summed E-state index contributed by atoms with van der Waals surface area (Å²) in [4.78, 5) is 17.1. The molecule has 0 aliphatic carbocycles. The minimum Gasteiger partial charge on any atom is -0.493 e. The van der Waals surface area contributed by atoms with Crippen LogP contribution in [0.15, 0.2) is 24.5 Å². The van der Waals surface area contributed by atoms with Crippen molar-refractivity contribution < 1.29 is 23.7 Å². The van der Waals surface area contributed by atoms with E-state index in [-0.39, 0.29) is 17.6 Å². The number of halogens is 2. The van der Waals surface area contributed by atoms with Gasteiger partial charge in [-0.05, 0) is 25.0 Å². The summed E-state index contributed by atoms with van der Waals surface area (Å²) in [5.74, 6) is 1.21. The minimum atomic E-state index is -0.176. The zero-order valence-corrected chi connectivity index (χ0v) is 19.5. The first kappa shape index (κ1) is 23.6. The predicted octanol–water partition coefficient (Wildman–Crippen LogP) is 5.42. The molecule has 1 fully saturated rings. The van der Waals surface area contributed by atoms with Crippen molar-refractivity contribution >= 4 is 29.0 Å². The number of rotatable bonds is 4. The fourth-order valence-corrected chi connectivity index (χ4v) is 4.15. The van der Waals surface area contributed by atoms with Crippen LogP contribution >= 0.6 is 23.2 Å². The third-order valence-corrected chi connectivity index (χ3v) is 6.14. The van der Waals surface area contributed by atoms with Crippen molar-refractivity contribution in [1.29, 1.82) is 0 Å². The Balaban J connectivity index is 0.00000132. The van der Waals surface area contributed by atoms with Gasteiger partial charge in [-0.1, -0.05) is 37.0 Å². The molecule has 0 unspecified atom stereocenters. The highest BCUT2D eigenvalue weighted by atomic mass is 35.5. The van der Waals surface area contributed by atoms with Gasteiger partial charge in [-0.15, -0.1) is 0 Å². The van der Waals surface area contributed by atoms with E-state index in [1.54, 1.807) is 19.2 Å². The Morgan fingerprint density at radius 2 is 1.68 bits per heavy atom. The van der Waals surface area contributed by atoms with E-state index in [9.17, 15) is 4.79 Å². The van der Waals surface area contributed by atoms with Gasteiger partial charge < -0.3 is 18.9 Å². The van der Waals surface area contributed by atoms with Crippen LogP contribution < -0.4 is 14.2 Å². The lowest BCUT2D eigenvalue weighted by molar-refractivity contribution is -0.0254. The Hall–Kier alpha value is -2.02. The van der Waals surface area contributed by atoms with Crippen molar-refractivity contribution in [3.8, 4) is 17.2 Å². The normalized spacial score (nSPS) is 16.7. The topological polar surface area (TPSA) is 66.9 Å². The lowest BCUT2D eigenvalue weighted by Gasteiger charge is -2.34. The van der Waals surface area contributed by atoms with Gasteiger partial charge in [0, 0.05) is 43.0 Å². The average molecular weight is 468 g/mol. The average Bonchev–Trinajstić information content (AvgIpc) is 2.98. The monoisotopic (exact) mass is 467 g/mol. The van der Waals surface area contributed by atoms with E-state index in [0.29, 0.717) is 64.8 Å². The Morgan fingerprint density at radius 3 is 2.29 bits per heavy atom. The fraction of sp³-hybridized carbons (Fsp3) is 0.478. The number of pyridine rings is 1. The van der Waals surface area contributed by atoms with Crippen molar-refractivity contribution in [2.45, 2.75) is 33.1 Å². The van der Waals surface area contributed by atoms with Crippen LogP contribution in [-0.2, 0) is 11.2 Å². The Kier molecular flexibility index (Phi) is 8.03. The molecular weight excluding hydrogens is 441 g/mol. The first-order chi connectivity index (χ1) is 15.0. The molecule has 1 aromatic carbocycles. The van der Waals surface area contributed by atoms with Gasteiger partial charge in [0.25, 0.3) is 0 Å². The van der Waals surface area contributed by atoms with E-state index in [1.807, 2.05) is 13.8 Å². The number of aromatic nitrogens is 1. The van der Waals surface area contributed by atoms with Crippen molar-refractivity contribution in [3.63, 3.8) is 0 Å². The highest BCUT2D eigenvalue weighted by Gasteiger charge is 2.38. The third kappa shape index (κ3) is 5.08. The number of nitrogens with zero attached hydrogens (tertiary/aromatic N) is 1. The van der Waals surface area contributed by atoms with Gasteiger partial charge in [0.15, 0.2) is 17.3 Å². The number of ketones is 1. The van der Waals surface area contributed by atoms with Gasteiger partial charge in [0.05, 0.1) is 35.9 Å². The molecule has 0 atom stereocenters. The maximum atomic E-state index is 13.1. The summed E-state index contributed by atoms with van der Waals surface area (Å²) < 4.78 is 23.2. The number of fused-ring (bicyclic) bond motifs is 1. The van der Waals surface area contributed by atoms with Gasteiger partial charge >= 0.3 is 0 Å². The molecule has 1 aromatic heterocycles. The minimum absolute atomic E-state index is 0.0291. The number of hydrogen-bond donors (Lipinski definition) is 0. The molecule has 168 valence electrons. The summed E-state index contributed by atoms with van der Waals surface area (Å²) >= 11 is 12.4. The van der Waals surface area contributed by atoms with E-state index in [1.165, 1.54) is 12.4 Å². The SMILES string of the molecule is CC.COc1ccc(C(=O)Cc2c(Cl)cncc2Cl)c2c1OCC1(CCOCC1)CO2. The second kappa shape index (κ2) is 10.5. The van der Waals surface area contributed by atoms with Crippen LogP contribution in [0, 0.1) is 5.41 Å². The van der Waals surface area contributed by atoms with Crippen LogP contribution in [0.25, 0.3) is 0 Å². The number of hydrogen-bond acceptors (Lipinski definition) is 6. The number of benzene rings is 1. The van der Waals surface area contributed by atoms with Gasteiger partial charge in [-0.3, -0.25) is 9.78 Å². The predicted molar refractivity (Wildman–Crippen MR) is 120 cm³/mol. The highest BCUT2D eigenvalue weighted by molar-refractivity contribution is 6.36. The van der Waals surface area contributed by atoms with Crippen LogP contribution in [0.5, 0.6) is 17.2 Å². The molecule has 1 saturated heterocycles. The first-order valence-electron chi connectivity index (χ1n) is 10.4. The molecule has 0 amide bonds. The molecule has 8 heteroatoms. The van der Waals surface area contributed by atoms with Crippen molar-refractivity contribution in [1.82, 2.24) is 4.98 Å². The lowest BCUT2D eigenvalue weighted by Crippen LogP contribution is -2.39. The summed E-state index contributed by atoms with van der Waals surface area (Å²) in [5, 5.41) is 0.701. The Bertz CT molecular complexity index is 908. The quantitative estimate of drug-likeness (QED) is 0.559. The summed E-state index contributed by atoms with van der Waals surface area (Å²) in [6.45, 7) is 6.28. The van der Waals surface area contributed by atoms with Crippen LogP contribution in [0.2, 0.25) is 10.0 Å². The van der Waals surface area contributed by atoms with Crippen molar-refractivity contribution in [2.24, 2.45) is 5.41 Å². The molecule has 31 heavy (non-hydrogen) atoms. The van der Waals surface area contributed by atoms with Gasteiger partial charge in [0.1, 0.15) is 0 Å². The molecule has 2 aliphatic rings. The number of carbonyl (C=O) groups is 1. The summed E-state index contributed by atoms with van der Waals surface area (Å²) in [5.41, 5.74) is 0.808. The molecule has 0 N–H and O–H groups in total. The third-order valence-electron chi connectivity index (χ3n) is 5.48. The standard InChI is InChI=1S/C21H21Cl2NO5.C2H6/c1-26-18-3-2-13(17(25)8-14-15(22)9-24-10-16(14)23)19-20(18)29-12-21(11-28-19)4-6-27-7-5-21;1-2/h2-3,9-10H,4-8,11-12H2,1H3;1-2H3. The van der Waals surface area contributed by atoms with Crippen molar-refractivity contribution in [3.05, 3.63) is 45.7 Å². The van der Waals surface area contributed by atoms with Gasteiger partial charge in [-0.25, -0.2) is 0 Å². The molecule has 6 nitrogen and oxygen atoms in total. The summed E-state index contributed by atoms with van der Waals surface area (Å²) in [6, 6.07) is 3.40. The maximum Gasteiger partial charge on any atom is 0.204 e. The number of Topliss-reactive ketones (excluding diaryl/α,β-unsaturated/α-hetero) is 1. The molecule has 0 bridgehead atoms. The molecule has 1 spiro atoms. The first-order valence-corrected chi connectivity index (χ1v) is 11.1. The molecule has 4 rings (SSSR count). The van der Waals surface area contributed by atoms with E-state index in [2.05, 4.69) is 4.98 Å². The van der Waals surface area contributed by atoms with E-state index in [0.717, 1.165) is 12.8 Å². The Labute approximate surface area is 192 Å². The lowest BCUT2D eigenvalue weighted by atomic mass is 9.82. The molecule has 0 saturated carbocycles. The summed E-state index contributed by atoms with van der Waals surface area (Å²) in [7, 11) is 1.56. The molecule has 3 heterocycles. The fourth-order valence-electron chi connectivity index (χ4n) is 3.65. The molecule has 2 aromatic rings. The van der Waals surface area contributed by atoms with Crippen LogP contribution in [0.4, 0.5) is 0 Å². The smallest absolute Gasteiger partial charge is 0.204 e. The second-order valence-corrected chi connectivity index (χ2v) is 8.16. The van der Waals surface area contributed by atoms with Gasteiger partial charge in [0.2, 0.25) is 5.75 Å². The van der Waals surface area contributed by atoms with E-state index < -0.39 is 0 Å². The number of carbonyl (C=O) groups excluding carboxylic acids is 1. The molecule has 2 aliphatic heterocycles. The molecule has 0 radical (unpaired) electrons. The zero-order valence-electron chi connectivity index (χ0n) is 18.0. The second-order valence-electron chi connectivity index (χ2n) is 7.35. The Morgan fingerprint density at radius 1 is 1.06 bits per heavy atom. The number of ether oxygens (including phenoxy) is 4. The maximum absolute atomic E-state index is 13.1. The van der Waals surface area contributed by atoms with E-state index >= 15 is 0 Å². The van der Waals surface area contributed by atoms with Crippen molar-refractivity contribution in [2.75, 3.05) is 33.5 Å². The molecular formula is C23H27Cl2NO5. The van der Waals surface area contributed by atoms with E-state index in [4.69, 9.17) is 42.1 Å². The largest absolute Gasteiger partial charge is 0.493 e. The highest BCUT2D eigenvalue weighted by Crippen LogP contribution is 2.46. The van der Waals surface area contributed by atoms with Crippen LogP contribution in [-0.4, -0.2) is 44.3 Å². The zero-order chi connectivity index (χ0) is 22.4. The van der Waals surface area contributed by atoms with Crippen LogP contribution in [0.1, 0.15) is 42.6 Å².